The zero-order valence-electron chi connectivity index (χ0n) is 10.7. The highest BCUT2D eigenvalue weighted by molar-refractivity contribution is 9.10. The van der Waals surface area contributed by atoms with Crippen molar-refractivity contribution in [3.05, 3.63) is 28.7 Å². The van der Waals surface area contributed by atoms with Gasteiger partial charge in [-0.25, -0.2) is 8.42 Å². The van der Waals surface area contributed by atoms with Crippen LogP contribution in [0.5, 0.6) is 0 Å². The highest BCUT2D eigenvalue weighted by Gasteiger charge is 2.21. The van der Waals surface area contributed by atoms with Gasteiger partial charge < -0.3 is 10.6 Å². The number of amides is 1. The number of hydrogen-bond acceptors (Lipinski definition) is 4. The Balaban J connectivity index is 2.77. The molecule has 1 rings (SSSR count). The molecule has 0 heterocycles. The number of sulfone groups is 1. The zero-order chi connectivity index (χ0) is 14.5. The van der Waals surface area contributed by atoms with E-state index in [4.69, 9.17) is 5.73 Å². The lowest BCUT2D eigenvalue weighted by molar-refractivity contribution is -0.127. The summed E-state index contributed by atoms with van der Waals surface area (Å²) in [7, 11) is -2.03. The first-order valence-electron chi connectivity index (χ1n) is 5.79. The lowest BCUT2D eigenvalue weighted by Crippen LogP contribution is -2.34. The van der Waals surface area contributed by atoms with Gasteiger partial charge in [0, 0.05) is 18.1 Å². The first-order valence-corrected chi connectivity index (χ1v) is 8.23. The maximum Gasteiger partial charge on any atom is 0.237 e. The SMILES string of the molecule is CN(CCCN)C(=O)CS(=O)(=O)c1cccc(Br)c1. The Hall–Kier alpha value is -0.920. The van der Waals surface area contributed by atoms with E-state index in [-0.39, 0.29) is 4.90 Å². The standard InChI is InChI=1S/C12H17BrN2O3S/c1-15(7-3-6-14)12(16)9-19(17,18)11-5-2-4-10(13)8-11/h2,4-5,8H,3,6-7,9,14H2,1H3. The summed E-state index contributed by atoms with van der Waals surface area (Å²) in [6, 6.07) is 6.32. The van der Waals surface area contributed by atoms with Crippen LogP contribution < -0.4 is 5.73 Å². The largest absolute Gasteiger partial charge is 0.345 e. The molecule has 1 aromatic rings. The molecule has 0 aliphatic heterocycles. The van der Waals surface area contributed by atoms with E-state index < -0.39 is 21.5 Å². The van der Waals surface area contributed by atoms with Gasteiger partial charge in [0.1, 0.15) is 5.75 Å². The molecule has 0 bridgehead atoms. The molecule has 0 aromatic heterocycles. The third-order valence-electron chi connectivity index (χ3n) is 2.59. The van der Waals surface area contributed by atoms with Gasteiger partial charge >= 0.3 is 0 Å². The minimum Gasteiger partial charge on any atom is -0.345 e. The van der Waals surface area contributed by atoms with Crippen LogP contribution in [0.2, 0.25) is 0 Å². The molecule has 19 heavy (non-hydrogen) atoms. The van der Waals surface area contributed by atoms with Gasteiger partial charge in [0.25, 0.3) is 0 Å². The number of nitrogens with two attached hydrogens (primary N) is 1. The second kappa shape index (κ2) is 7.02. The molecule has 0 saturated heterocycles. The van der Waals surface area contributed by atoms with E-state index in [2.05, 4.69) is 15.9 Å². The van der Waals surface area contributed by atoms with Crippen molar-refractivity contribution in [1.82, 2.24) is 4.90 Å². The average Bonchev–Trinajstić information content (AvgIpc) is 2.35. The van der Waals surface area contributed by atoms with E-state index in [9.17, 15) is 13.2 Å². The summed E-state index contributed by atoms with van der Waals surface area (Å²) in [6.07, 6.45) is 0.652. The molecule has 1 aromatic carbocycles. The summed E-state index contributed by atoms with van der Waals surface area (Å²) >= 11 is 3.21. The van der Waals surface area contributed by atoms with Crippen LogP contribution in [0, 0.1) is 0 Å². The normalized spacial score (nSPS) is 11.3. The fourth-order valence-corrected chi connectivity index (χ4v) is 3.33. The Kier molecular flexibility index (Phi) is 5.96. The van der Waals surface area contributed by atoms with Crippen LogP contribution in [0.25, 0.3) is 0 Å². The average molecular weight is 349 g/mol. The molecule has 0 fully saturated rings. The van der Waals surface area contributed by atoms with E-state index in [1.165, 1.54) is 17.0 Å². The van der Waals surface area contributed by atoms with Gasteiger partial charge in [0.15, 0.2) is 9.84 Å². The lowest BCUT2D eigenvalue weighted by Gasteiger charge is -2.16. The molecule has 5 nitrogen and oxygen atoms in total. The predicted molar refractivity (Wildman–Crippen MR) is 77.5 cm³/mol. The highest BCUT2D eigenvalue weighted by atomic mass is 79.9. The van der Waals surface area contributed by atoms with Crippen molar-refractivity contribution < 1.29 is 13.2 Å². The minimum atomic E-state index is -3.60. The highest BCUT2D eigenvalue weighted by Crippen LogP contribution is 2.17. The number of carbonyl (C=O) groups excluding carboxylic acids is 1. The van der Waals surface area contributed by atoms with Crippen LogP contribution in [0.1, 0.15) is 6.42 Å². The molecule has 0 aliphatic carbocycles. The number of halogens is 1. The van der Waals surface area contributed by atoms with Gasteiger partial charge in [-0.2, -0.15) is 0 Å². The molecule has 0 atom stereocenters. The summed E-state index contributed by atoms with van der Waals surface area (Å²) in [5.41, 5.74) is 5.35. The second-order valence-electron chi connectivity index (χ2n) is 4.17. The molecule has 2 N–H and O–H groups in total. The van der Waals surface area contributed by atoms with Crippen molar-refractivity contribution in [3.63, 3.8) is 0 Å². The molecule has 0 spiro atoms. The molecular weight excluding hydrogens is 332 g/mol. The predicted octanol–water partition coefficient (Wildman–Crippen LogP) is 1.03. The first kappa shape index (κ1) is 16.1. The fourth-order valence-electron chi connectivity index (χ4n) is 1.47. The third kappa shape index (κ3) is 4.93. The van der Waals surface area contributed by atoms with Gasteiger partial charge in [-0.05, 0) is 31.2 Å². The van der Waals surface area contributed by atoms with E-state index in [0.29, 0.717) is 24.0 Å². The Morgan fingerprint density at radius 1 is 1.42 bits per heavy atom. The van der Waals surface area contributed by atoms with Gasteiger partial charge in [-0.15, -0.1) is 0 Å². The third-order valence-corrected chi connectivity index (χ3v) is 4.68. The zero-order valence-corrected chi connectivity index (χ0v) is 13.1. The summed E-state index contributed by atoms with van der Waals surface area (Å²) in [6.45, 7) is 0.930. The molecule has 1 amide bonds. The maximum atomic E-state index is 12.1. The van der Waals surface area contributed by atoms with Crippen molar-refractivity contribution in [2.75, 3.05) is 25.9 Å². The van der Waals surface area contributed by atoms with Crippen molar-refractivity contribution in [3.8, 4) is 0 Å². The lowest BCUT2D eigenvalue weighted by atomic mass is 10.4. The Morgan fingerprint density at radius 3 is 2.68 bits per heavy atom. The van der Waals surface area contributed by atoms with Crippen molar-refractivity contribution in [2.24, 2.45) is 5.73 Å². The van der Waals surface area contributed by atoms with Crippen LogP contribution in [-0.2, 0) is 14.6 Å². The topological polar surface area (TPSA) is 80.5 Å². The molecular formula is C12H17BrN2O3S. The van der Waals surface area contributed by atoms with Crippen LogP contribution in [0.15, 0.2) is 33.6 Å². The second-order valence-corrected chi connectivity index (χ2v) is 7.08. The van der Waals surface area contributed by atoms with Crippen LogP contribution in [-0.4, -0.2) is 45.1 Å². The summed E-state index contributed by atoms with van der Waals surface area (Å²) in [5.74, 6) is -0.946. The smallest absolute Gasteiger partial charge is 0.237 e. The van der Waals surface area contributed by atoms with E-state index >= 15 is 0 Å². The van der Waals surface area contributed by atoms with Gasteiger partial charge in [-0.1, -0.05) is 22.0 Å². The van der Waals surface area contributed by atoms with Crippen LogP contribution in [0.4, 0.5) is 0 Å². The number of nitrogens with zero attached hydrogens (tertiary/aromatic N) is 1. The Bertz CT molecular complexity index is 546. The molecule has 0 radical (unpaired) electrons. The Labute approximate surface area is 121 Å². The van der Waals surface area contributed by atoms with Gasteiger partial charge in [-0.3, -0.25) is 4.79 Å². The van der Waals surface area contributed by atoms with E-state index in [0.717, 1.165) is 0 Å². The molecule has 106 valence electrons. The van der Waals surface area contributed by atoms with E-state index in [1.807, 2.05) is 0 Å². The Morgan fingerprint density at radius 2 is 2.11 bits per heavy atom. The fraction of sp³-hybridized carbons (Fsp3) is 0.417. The summed E-state index contributed by atoms with van der Waals surface area (Å²) in [5, 5.41) is 0. The maximum absolute atomic E-state index is 12.1. The van der Waals surface area contributed by atoms with Crippen LogP contribution >= 0.6 is 15.9 Å². The molecule has 0 aliphatic rings. The van der Waals surface area contributed by atoms with Crippen LogP contribution in [0.3, 0.4) is 0 Å². The van der Waals surface area contributed by atoms with Crippen molar-refractivity contribution >= 4 is 31.7 Å². The van der Waals surface area contributed by atoms with Gasteiger partial charge in [0.2, 0.25) is 5.91 Å². The number of carbonyl (C=O) groups is 1. The monoisotopic (exact) mass is 348 g/mol. The van der Waals surface area contributed by atoms with Gasteiger partial charge in [0.05, 0.1) is 4.90 Å². The number of benzene rings is 1. The summed E-state index contributed by atoms with van der Waals surface area (Å²) in [4.78, 5) is 13.3. The first-order chi connectivity index (χ1) is 8.86. The summed E-state index contributed by atoms with van der Waals surface area (Å²) < 4.78 is 24.8. The van der Waals surface area contributed by atoms with E-state index in [1.54, 1.807) is 19.2 Å². The van der Waals surface area contributed by atoms with Crippen molar-refractivity contribution in [2.45, 2.75) is 11.3 Å². The number of rotatable bonds is 6. The molecule has 7 heteroatoms. The van der Waals surface area contributed by atoms with Crippen molar-refractivity contribution in [1.29, 1.82) is 0 Å². The number of hydrogen-bond donors (Lipinski definition) is 1. The quantitative estimate of drug-likeness (QED) is 0.832. The minimum absolute atomic E-state index is 0.141. The molecule has 0 saturated carbocycles. The molecule has 0 unspecified atom stereocenters.